The van der Waals surface area contributed by atoms with Crippen LogP contribution >= 0.6 is 0 Å². The molecule has 1 aliphatic carbocycles. The molecule has 5 heteroatoms. The van der Waals surface area contributed by atoms with E-state index in [4.69, 9.17) is 10.00 Å². The van der Waals surface area contributed by atoms with E-state index in [-0.39, 0.29) is 11.4 Å². The van der Waals surface area contributed by atoms with Crippen molar-refractivity contribution in [2.45, 2.75) is 52.2 Å². The molecule has 0 saturated heterocycles. The number of nitrogens with one attached hydrogen (secondary N) is 1. The number of hydrogen-bond donors (Lipinski definition) is 1. The van der Waals surface area contributed by atoms with Crippen molar-refractivity contribution in [2.24, 2.45) is 5.92 Å². The van der Waals surface area contributed by atoms with E-state index in [1.165, 1.54) is 12.8 Å². The van der Waals surface area contributed by atoms with Gasteiger partial charge in [-0.15, -0.1) is 0 Å². The van der Waals surface area contributed by atoms with Gasteiger partial charge in [-0.3, -0.25) is 4.79 Å². The molecule has 0 spiro atoms. The summed E-state index contributed by atoms with van der Waals surface area (Å²) in [5.41, 5.74) is 0.322. The van der Waals surface area contributed by atoms with Gasteiger partial charge in [-0.05, 0) is 52.5 Å². The molecule has 1 amide bonds. The maximum Gasteiger partial charge on any atom is 0.254 e. The highest BCUT2D eigenvalue weighted by molar-refractivity contribution is 5.93. The molecular formula is C16H23N3O2. The van der Waals surface area contributed by atoms with Crippen LogP contribution in [0.5, 0.6) is 0 Å². The molecule has 0 aromatic carbocycles. The largest absolute Gasteiger partial charge is 0.368 e. The van der Waals surface area contributed by atoms with Crippen LogP contribution in [0, 0.1) is 17.2 Å². The fourth-order valence-electron chi connectivity index (χ4n) is 2.04. The number of ether oxygens (including phenoxy) is 1. The Labute approximate surface area is 125 Å². The summed E-state index contributed by atoms with van der Waals surface area (Å²) in [6.07, 6.45) is 3.67. The van der Waals surface area contributed by atoms with Crippen LogP contribution in [0.15, 0.2) is 12.3 Å². The zero-order valence-corrected chi connectivity index (χ0v) is 13.1. The van der Waals surface area contributed by atoms with Gasteiger partial charge >= 0.3 is 0 Å². The van der Waals surface area contributed by atoms with E-state index in [1.54, 1.807) is 19.2 Å². The molecule has 5 nitrogen and oxygen atoms in total. The standard InChI is InChI=1S/C16H23N3O2/c1-11(21-10-12-5-6-12)15(20)18-14-7-13(8-17)9-19(14)16(2,3)4/h7,9,11-12H,5-6,10H2,1-4H3,(H,18,20)/t11-/m0/s1. The molecule has 0 unspecified atom stereocenters. The lowest BCUT2D eigenvalue weighted by Crippen LogP contribution is -2.31. The first-order valence-electron chi connectivity index (χ1n) is 7.36. The number of carbonyl (C=O) groups is 1. The van der Waals surface area contributed by atoms with Gasteiger partial charge in [-0.25, -0.2) is 0 Å². The lowest BCUT2D eigenvalue weighted by atomic mass is 10.1. The van der Waals surface area contributed by atoms with E-state index in [0.29, 0.717) is 23.9 Å². The maximum atomic E-state index is 12.2. The first kappa shape index (κ1) is 15.6. The van der Waals surface area contributed by atoms with Gasteiger partial charge in [0.15, 0.2) is 0 Å². The lowest BCUT2D eigenvalue weighted by Gasteiger charge is -2.25. The third kappa shape index (κ3) is 4.08. The molecule has 1 atom stereocenters. The van der Waals surface area contributed by atoms with E-state index < -0.39 is 6.10 Å². The van der Waals surface area contributed by atoms with Crippen LogP contribution in [0.3, 0.4) is 0 Å². The summed E-state index contributed by atoms with van der Waals surface area (Å²) in [4.78, 5) is 12.2. The van der Waals surface area contributed by atoms with Gasteiger partial charge in [-0.2, -0.15) is 5.26 Å². The van der Waals surface area contributed by atoms with Crippen molar-refractivity contribution in [3.8, 4) is 6.07 Å². The Kier molecular flexibility index (Phi) is 4.38. The Balaban J connectivity index is 2.05. The van der Waals surface area contributed by atoms with Gasteiger partial charge in [0, 0.05) is 11.7 Å². The molecule has 1 aromatic rings. The van der Waals surface area contributed by atoms with Crippen molar-refractivity contribution in [1.29, 1.82) is 5.26 Å². The van der Waals surface area contributed by atoms with Crippen LogP contribution in [0.1, 0.15) is 46.1 Å². The molecule has 21 heavy (non-hydrogen) atoms. The van der Waals surface area contributed by atoms with Gasteiger partial charge in [0.25, 0.3) is 5.91 Å². The normalized spacial score (nSPS) is 16.3. The van der Waals surface area contributed by atoms with E-state index in [0.717, 1.165) is 0 Å². The van der Waals surface area contributed by atoms with Crippen molar-refractivity contribution >= 4 is 11.7 Å². The van der Waals surface area contributed by atoms with Crippen LogP contribution in [0.25, 0.3) is 0 Å². The maximum absolute atomic E-state index is 12.2. The molecule has 1 saturated carbocycles. The third-order valence-corrected chi connectivity index (χ3v) is 3.57. The van der Waals surface area contributed by atoms with Crippen molar-refractivity contribution in [3.05, 3.63) is 17.8 Å². The number of nitriles is 1. The average molecular weight is 289 g/mol. The molecule has 1 aromatic heterocycles. The van der Waals surface area contributed by atoms with E-state index in [2.05, 4.69) is 11.4 Å². The third-order valence-electron chi connectivity index (χ3n) is 3.57. The van der Waals surface area contributed by atoms with Crippen LogP contribution in [0.2, 0.25) is 0 Å². The minimum absolute atomic E-state index is 0.177. The molecule has 0 bridgehead atoms. The predicted octanol–water partition coefficient (Wildman–Crippen LogP) is 2.87. The molecule has 114 valence electrons. The highest BCUT2D eigenvalue weighted by Crippen LogP contribution is 2.29. The Morgan fingerprint density at radius 1 is 1.57 bits per heavy atom. The number of hydrogen-bond acceptors (Lipinski definition) is 3. The number of carbonyl (C=O) groups excluding carboxylic acids is 1. The first-order valence-corrected chi connectivity index (χ1v) is 7.36. The highest BCUT2D eigenvalue weighted by Gasteiger charge is 2.25. The summed E-state index contributed by atoms with van der Waals surface area (Å²) in [6, 6.07) is 3.80. The van der Waals surface area contributed by atoms with Gasteiger partial charge in [0.2, 0.25) is 0 Å². The summed E-state index contributed by atoms with van der Waals surface area (Å²) in [7, 11) is 0. The second-order valence-electron chi connectivity index (χ2n) is 6.67. The van der Waals surface area contributed by atoms with Gasteiger partial charge < -0.3 is 14.6 Å². The second kappa shape index (κ2) is 5.90. The highest BCUT2D eigenvalue weighted by atomic mass is 16.5. The minimum atomic E-state index is -0.487. The van der Waals surface area contributed by atoms with Crippen molar-refractivity contribution in [2.75, 3.05) is 11.9 Å². The fraction of sp³-hybridized carbons (Fsp3) is 0.625. The minimum Gasteiger partial charge on any atom is -0.368 e. The quantitative estimate of drug-likeness (QED) is 0.906. The van der Waals surface area contributed by atoms with Crippen LogP contribution in [-0.2, 0) is 15.1 Å². The molecule has 0 aliphatic heterocycles. The van der Waals surface area contributed by atoms with Crippen LogP contribution in [0.4, 0.5) is 5.82 Å². The lowest BCUT2D eigenvalue weighted by molar-refractivity contribution is -0.126. The smallest absolute Gasteiger partial charge is 0.254 e. The summed E-state index contributed by atoms with van der Waals surface area (Å²) in [6.45, 7) is 8.48. The average Bonchev–Trinajstić information content (AvgIpc) is 3.14. The molecule has 1 fully saturated rings. The number of amides is 1. The van der Waals surface area contributed by atoms with Crippen molar-refractivity contribution in [3.63, 3.8) is 0 Å². The van der Waals surface area contributed by atoms with E-state index in [1.807, 2.05) is 25.3 Å². The Morgan fingerprint density at radius 2 is 2.24 bits per heavy atom. The topological polar surface area (TPSA) is 67.0 Å². The Bertz CT molecular complexity index is 559. The van der Waals surface area contributed by atoms with Gasteiger partial charge in [-0.1, -0.05) is 0 Å². The van der Waals surface area contributed by atoms with Crippen molar-refractivity contribution < 1.29 is 9.53 Å². The summed E-state index contributed by atoms with van der Waals surface area (Å²) < 4.78 is 7.47. The zero-order chi connectivity index (χ0) is 15.6. The summed E-state index contributed by atoms with van der Waals surface area (Å²) >= 11 is 0. The van der Waals surface area contributed by atoms with Crippen LogP contribution in [-0.4, -0.2) is 23.2 Å². The fourth-order valence-corrected chi connectivity index (χ4v) is 2.04. The van der Waals surface area contributed by atoms with E-state index in [9.17, 15) is 4.79 Å². The molecule has 2 rings (SSSR count). The number of anilines is 1. The van der Waals surface area contributed by atoms with E-state index >= 15 is 0 Å². The summed E-state index contributed by atoms with van der Waals surface area (Å²) in [5.74, 6) is 1.08. The van der Waals surface area contributed by atoms with Gasteiger partial charge in [0.1, 0.15) is 18.0 Å². The molecule has 0 radical (unpaired) electrons. The van der Waals surface area contributed by atoms with Gasteiger partial charge in [0.05, 0.1) is 12.2 Å². The Morgan fingerprint density at radius 3 is 2.76 bits per heavy atom. The summed E-state index contributed by atoms with van der Waals surface area (Å²) in [5, 5.41) is 11.9. The number of rotatable bonds is 5. The SMILES string of the molecule is C[C@H](OCC1CC1)C(=O)Nc1cc(C#N)cn1C(C)(C)C. The Hall–Kier alpha value is -1.80. The number of nitrogens with zero attached hydrogens (tertiary/aromatic N) is 2. The zero-order valence-electron chi connectivity index (χ0n) is 13.1. The monoisotopic (exact) mass is 289 g/mol. The predicted molar refractivity (Wildman–Crippen MR) is 80.9 cm³/mol. The molecule has 1 heterocycles. The van der Waals surface area contributed by atoms with Crippen LogP contribution < -0.4 is 5.32 Å². The van der Waals surface area contributed by atoms with Crippen molar-refractivity contribution in [1.82, 2.24) is 4.57 Å². The first-order chi connectivity index (χ1) is 9.81. The molecule has 1 aliphatic rings. The molecular weight excluding hydrogens is 266 g/mol. The number of aromatic nitrogens is 1. The second-order valence-corrected chi connectivity index (χ2v) is 6.67. The molecule has 1 N–H and O–H groups in total.